The lowest BCUT2D eigenvalue weighted by molar-refractivity contribution is 0.0464. The number of ether oxygens (including phenoxy) is 1. The minimum atomic E-state index is -0.349. The lowest BCUT2D eigenvalue weighted by atomic mass is 10.4. The van der Waals surface area contributed by atoms with Gasteiger partial charge >= 0.3 is 5.97 Å². The van der Waals surface area contributed by atoms with Gasteiger partial charge in [-0.25, -0.2) is 4.79 Å². The fourth-order valence-corrected chi connectivity index (χ4v) is 3.00. The van der Waals surface area contributed by atoms with Crippen LogP contribution in [0.25, 0.3) is 0 Å². The van der Waals surface area contributed by atoms with Crippen molar-refractivity contribution in [2.75, 3.05) is 5.73 Å². The number of halogens is 1. The molecule has 0 saturated carbocycles. The van der Waals surface area contributed by atoms with E-state index in [2.05, 4.69) is 15.9 Å². The number of nitrogen functional groups attached to an aromatic ring is 1. The topological polar surface area (TPSA) is 57.2 Å². The van der Waals surface area contributed by atoms with Crippen LogP contribution < -0.4 is 5.73 Å². The molecule has 2 aromatic heterocycles. The molecule has 0 aliphatic rings. The number of nitrogens with two attached hydrogens (primary N) is 1. The summed E-state index contributed by atoms with van der Waals surface area (Å²) in [7, 11) is 0. The monoisotopic (exact) mass is 328 g/mol. The fraction of sp³-hybridized carbons (Fsp3) is 0.250. The summed E-state index contributed by atoms with van der Waals surface area (Å²) in [4.78, 5) is 12.9. The molecule has 0 unspecified atom stereocenters. The van der Waals surface area contributed by atoms with Crippen molar-refractivity contribution in [3.8, 4) is 0 Å². The number of rotatable bonds is 4. The summed E-state index contributed by atoms with van der Waals surface area (Å²) in [5.41, 5.74) is 6.73. The Morgan fingerprint density at radius 1 is 1.56 bits per heavy atom. The molecule has 0 fully saturated rings. The van der Waals surface area contributed by atoms with Crippen LogP contribution in [0, 0.1) is 0 Å². The summed E-state index contributed by atoms with van der Waals surface area (Å²) in [6.07, 6.45) is 1.73. The number of carbonyl (C=O) groups excluding carboxylic acids is 1. The van der Waals surface area contributed by atoms with Crippen molar-refractivity contribution in [3.63, 3.8) is 0 Å². The van der Waals surface area contributed by atoms with E-state index < -0.39 is 0 Å². The van der Waals surface area contributed by atoms with Crippen molar-refractivity contribution in [2.45, 2.75) is 20.1 Å². The van der Waals surface area contributed by atoms with Crippen LogP contribution in [-0.4, -0.2) is 10.5 Å². The van der Waals surface area contributed by atoms with E-state index in [0.717, 1.165) is 8.66 Å². The number of aromatic nitrogens is 1. The first-order valence-corrected chi connectivity index (χ1v) is 7.08. The highest BCUT2D eigenvalue weighted by Gasteiger charge is 2.14. The second-order valence-electron chi connectivity index (χ2n) is 3.73. The molecule has 0 spiro atoms. The van der Waals surface area contributed by atoms with E-state index in [1.807, 2.05) is 19.1 Å². The van der Waals surface area contributed by atoms with Gasteiger partial charge in [-0.05, 0) is 41.1 Å². The summed E-state index contributed by atoms with van der Waals surface area (Å²) in [5, 5.41) is 0. The lowest BCUT2D eigenvalue weighted by Crippen LogP contribution is -2.10. The van der Waals surface area contributed by atoms with E-state index >= 15 is 0 Å². The van der Waals surface area contributed by atoms with Crippen molar-refractivity contribution in [1.82, 2.24) is 4.57 Å². The Balaban J connectivity index is 2.03. The van der Waals surface area contributed by atoms with Gasteiger partial charge in [-0.1, -0.05) is 0 Å². The van der Waals surface area contributed by atoms with Crippen LogP contribution >= 0.6 is 27.3 Å². The van der Waals surface area contributed by atoms with Crippen molar-refractivity contribution < 1.29 is 9.53 Å². The Hall–Kier alpha value is -1.27. The van der Waals surface area contributed by atoms with Gasteiger partial charge < -0.3 is 15.0 Å². The molecule has 4 nitrogen and oxygen atoms in total. The maximum Gasteiger partial charge on any atom is 0.355 e. The number of hydrogen-bond acceptors (Lipinski definition) is 4. The normalized spacial score (nSPS) is 10.6. The van der Waals surface area contributed by atoms with Crippen molar-refractivity contribution in [1.29, 1.82) is 0 Å². The first-order chi connectivity index (χ1) is 8.60. The molecule has 0 atom stereocenters. The van der Waals surface area contributed by atoms with Gasteiger partial charge in [0.25, 0.3) is 0 Å². The molecule has 0 radical (unpaired) electrons. The molecule has 18 heavy (non-hydrogen) atoms. The van der Waals surface area contributed by atoms with Crippen LogP contribution in [-0.2, 0) is 17.9 Å². The highest BCUT2D eigenvalue weighted by Crippen LogP contribution is 2.23. The minimum absolute atomic E-state index is 0.282. The molecule has 2 N–H and O–H groups in total. The smallest absolute Gasteiger partial charge is 0.355 e. The van der Waals surface area contributed by atoms with Gasteiger partial charge in [0.1, 0.15) is 12.3 Å². The van der Waals surface area contributed by atoms with E-state index in [1.54, 1.807) is 28.2 Å². The van der Waals surface area contributed by atoms with Crippen LogP contribution in [0.4, 0.5) is 5.69 Å². The fourth-order valence-electron chi connectivity index (χ4n) is 1.61. The SMILES string of the molecule is CCn1cc(N)cc1C(=O)OCc1ccc(Br)s1. The maximum atomic E-state index is 11.9. The third kappa shape index (κ3) is 2.94. The third-order valence-electron chi connectivity index (χ3n) is 2.44. The van der Waals surface area contributed by atoms with Gasteiger partial charge in [-0.15, -0.1) is 11.3 Å². The molecule has 0 aliphatic carbocycles. The van der Waals surface area contributed by atoms with Gasteiger partial charge in [-0.2, -0.15) is 0 Å². The average molecular weight is 329 g/mol. The number of nitrogens with zero attached hydrogens (tertiary/aromatic N) is 1. The average Bonchev–Trinajstić information content (AvgIpc) is 2.92. The zero-order valence-corrected chi connectivity index (χ0v) is 12.3. The highest BCUT2D eigenvalue weighted by molar-refractivity contribution is 9.11. The maximum absolute atomic E-state index is 11.9. The highest BCUT2D eigenvalue weighted by atomic mass is 79.9. The van der Waals surface area contributed by atoms with Crippen LogP contribution in [0.5, 0.6) is 0 Å². The number of aryl methyl sites for hydroxylation is 1. The largest absolute Gasteiger partial charge is 0.455 e. The second-order valence-corrected chi connectivity index (χ2v) is 6.27. The molecule has 0 bridgehead atoms. The third-order valence-corrected chi connectivity index (χ3v) is 4.04. The first kappa shape index (κ1) is 13.2. The van der Waals surface area contributed by atoms with Gasteiger partial charge in [0.2, 0.25) is 0 Å². The number of hydrogen-bond donors (Lipinski definition) is 1. The van der Waals surface area contributed by atoms with Crippen molar-refractivity contribution in [3.05, 3.63) is 38.8 Å². The molecule has 6 heteroatoms. The number of carbonyl (C=O) groups is 1. The molecule has 0 saturated heterocycles. The molecule has 96 valence electrons. The molecule has 2 heterocycles. The van der Waals surface area contributed by atoms with Crippen molar-refractivity contribution in [2.24, 2.45) is 0 Å². The number of anilines is 1. The molecule has 2 aromatic rings. The number of thiophene rings is 1. The molecular formula is C12H13BrN2O2S. The predicted octanol–water partition coefficient (Wildman–Crippen LogP) is 3.27. The van der Waals surface area contributed by atoms with E-state index in [1.165, 1.54) is 0 Å². The van der Waals surface area contributed by atoms with E-state index in [-0.39, 0.29) is 12.6 Å². The predicted molar refractivity (Wildman–Crippen MR) is 75.7 cm³/mol. The van der Waals surface area contributed by atoms with E-state index in [4.69, 9.17) is 10.5 Å². The Bertz CT molecular complexity index is 562. The molecule has 2 rings (SSSR count). The molecule has 0 aliphatic heterocycles. The molecular weight excluding hydrogens is 316 g/mol. The molecule has 0 amide bonds. The van der Waals surface area contributed by atoms with Crippen LogP contribution in [0.3, 0.4) is 0 Å². The zero-order chi connectivity index (χ0) is 13.1. The standard InChI is InChI=1S/C12H13BrN2O2S/c1-2-15-6-8(14)5-10(15)12(16)17-7-9-3-4-11(13)18-9/h3-6H,2,7,14H2,1H3. The van der Waals surface area contributed by atoms with E-state index in [9.17, 15) is 4.79 Å². The van der Waals surface area contributed by atoms with Gasteiger partial charge in [0.05, 0.1) is 9.47 Å². The van der Waals surface area contributed by atoms with Crippen LogP contribution in [0.2, 0.25) is 0 Å². The Kier molecular flexibility index (Phi) is 4.08. The summed E-state index contributed by atoms with van der Waals surface area (Å²) < 4.78 is 8.06. The summed E-state index contributed by atoms with van der Waals surface area (Å²) >= 11 is 4.92. The summed E-state index contributed by atoms with van der Waals surface area (Å²) in [6, 6.07) is 5.49. The minimum Gasteiger partial charge on any atom is -0.455 e. The van der Waals surface area contributed by atoms with Gasteiger partial charge in [-0.3, -0.25) is 0 Å². The van der Waals surface area contributed by atoms with Crippen LogP contribution in [0.1, 0.15) is 22.3 Å². The summed E-state index contributed by atoms with van der Waals surface area (Å²) in [5.74, 6) is -0.349. The van der Waals surface area contributed by atoms with Crippen LogP contribution in [0.15, 0.2) is 28.2 Å². The molecule has 0 aromatic carbocycles. The van der Waals surface area contributed by atoms with Crippen molar-refractivity contribution >= 4 is 38.9 Å². The summed E-state index contributed by atoms with van der Waals surface area (Å²) in [6.45, 7) is 2.92. The van der Waals surface area contributed by atoms with Gasteiger partial charge in [0, 0.05) is 17.6 Å². The quantitative estimate of drug-likeness (QED) is 0.876. The Morgan fingerprint density at radius 2 is 2.33 bits per heavy atom. The zero-order valence-electron chi connectivity index (χ0n) is 9.85. The van der Waals surface area contributed by atoms with Gasteiger partial charge in [0.15, 0.2) is 0 Å². The number of esters is 1. The Morgan fingerprint density at radius 3 is 2.94 bits per heavy atom. The second kappa shape index (κ2) is 5.58. The Labute approximate surface area is 117 Å². The van der Waals surface area contributed by atoms with E-state index in [0.29, 0.717) is 17.9 Å². The first-order valence-electron chi connectivity index (χ1n) is 5.47. The lowest BCUT2D eigenvalue weighted by Gasteiger charge is -2.05.